The number of nitro benzene ring substituents is 1. The Labute approximate surface area is 140 Å². The first-order valence-corrected chi connectivity index (χ1v) is 7.29. The molecule has 0 aliphatic carbocycles. The summed E-state index contributed by atoms with van der Waals surface area (Å²) in [6.45, 7) is 1.45. The number of nitrogens with one attached hydrogen (secondary N) is 1. The molecule has 0 radical (unpaired) electrons. The summed E-state index contributed by atoms with van der Waals surface area (Å²) in [4.78, 5) is 39.0. The van der Waals surface area contributed by atoms with Gasteiger partial charge in [0.1, 0.15) is 18.3 Å². The fourth-order valence-electron chi connectivity index (χ4n) is 2.38. The molecule has 3 rings (SSSR count). The third kappa shape index (κ3) is 3.09. The standard InChI is InChI=1S/C15H14N6O4/c1-9-3-4-10(21(24)25)5-12(9)18-13(22)7-20-8-16-14-11(15(20)23)6-17-19(14)2/h3-6,8H,7H2,1-2H3,(H,18,22). The van der Waals surface area contributed by atoms with Crippen LogP contribution in [0.4, 0.5) is 11.4 Å². The van der Waals surface area contributed by atoms with E-state index in [1.165, 1.54) is 29.3 Å². The molecule has 3 aromatic rings. The molecule has 0 aliphatic rings. The highest BCUT2D eigenvalue weighted by molar-refractivity contribution is 5.91. The van der Waals surface area contributed by atoms with Crippen molar-refractivity contribution in [3.05, 3.63) is 56.8 Å². The monoisotopic (exact) mass is 342 g/mol. The van der Waals surface area contributed by atoms with Crippen molar-refractivity contribution in [1.82, 2.24) is 19.3 Å². The summed E-state index contributed by atoms with van der Waals surface area (Å²) >= 11 is 0. The fraction of sp³-hybridized carbons (Fsp3) is 0.200. The Morgan fingerprint density at radius 2 is 2.16 bits per heavy atom. The second-order valence-corrected chi connectivity index (χ2v) is 5.49. The molecular weight excluding hydrogens is 328 g/mol. The first-order valence-electron chi connectivity index (χ1n) is 7.29. The smallest absolute Gasteiger partial charge is 0.271 e. The van der Waals surface area contributed by atoms with E-state index in [4.69, 9.17) is 0 Å². The molecule has 0 bridgehead atoms. The second kappa shape index (κ2) is 6.15. The number of carbonyl (C=O) groups is 1. The summed E-state index contributed by atoms with van der Waals surface area (Å²) in [6.07, 6.45) is 2.66. The van der Waals surface area contributed by atoms with Gasteiger partial charge in [0.25, 0.3) is 11.2 Å². The number of fused-ring (bicyclic) bond motifs is 1. The number of rotatable bonds is 4. The van der Waals surface area contributed by atoms with Crippen LogP contribution in [-0.2, 0) is 18.4 Å². The van der Waals surface area contributed by atoms with Crippen molar-refractivity contribution in [3.63, 3.8) is 0 Å². The molecular formula is C15H14N6O4. The number of amides is 1. The van der Waals surface area contributed by atoms with E-state index < -0.39 is 10.8 Å². The Hall–Kier alpha value is -3.56. The molecule has 0 unspecified atom stereocenters. The summed E-state index contributed by atoms with van der Waals surface area (Å²) in [7, 11) is 1.66. The van der Waals surface area contributed by atoms with Gasteiger partial charge >= 0.3 is 0 Å². The van der Waals surface area contributed by atoms with Gasteiger partial charge in [0.05, 0.1) is 16.8 Å². The summed E-state index contributed by atoms with van der Waals surface area (Å²) in [5, 5.41) is 17.7. The Bertz CT molecular complexity index is 1050. The highest BCUT2D eigenvalue weighted by atomic mass is 16.6. The molecule has 25 heavy (non-hydrogen) atoms. The number of hydrogen-bond acceptors (Lipinski definition) is 6. The quantitative estimate of drug-likeness (QED) is 0.556. The number of benzene rings is 1. The average Bonchev–Trinajstić information content (AvgIpc) is 2.94. The molecule has 0 saturated carbocycles. The molecule has 0 aliphatic heterocycles. The predicted molar refractivity (Wildman–Crippen MR) is 89.2 cm³/mol. The van der Waals surface area contributed by atoms with Crippen LogP contribution in [0, 0.1) is 17.0 Å². The Kier molecular flexibility index (Phi) is 4.01. The number of aryl methyl sites for hydroxylation is 2. The van der Waals surface area contributed by atoms with Crippen molar-refractivity contribution in [2.24, 2.45) is 7.05 Å². The van der Waals surface area contributed by atoms with Crippen LogP contribution in [0.1, 0.15) is 5.56 Å². The van der Waals surface area contributed by atoms with Gasteiger partial charge < -0.3 is 5.32 Å². The minimum atomic E-state index is -0.542. The van der Waals surface area contributed by atoms with Crippen molar-refractivity contribution in [1.29, 1.82) is 0 Å². The molecule has 0 atom stereocenters. The first kappa shape index (κ1) is 16.3. The van der Waals surface area contributed by atoms with Gasteiger partial charge in [0, 0.05) is 19.2 Å². The molecule has 2 heterocycles. The summed E-state index contributed by atoms with van der Waals surface area (Å²) < 4.78 is 2.62. The van der Waals surface area contributed by atoms with E-state index in [2.05, 4.69) is 15.4 Å². The van der Waals surface area contributed by atoms with Crippen LogP contribution in [0.2, 0.25) is 0 Å². The molecule has 1 aromatic carbocycles. The van der Waals surface area contributed by atoms with E-state index in [-0.39, 0.29) is 17.8 Å². The van der Waals surface area contributed by atoms with Crippen molar-refractivity contribution >= 4 is 28.3 Å². The van der Waals surface area contributed by atoms with Gasteiger partial charge in [-0.3, -0.25) is 29.0 Å². The lowest BCUT2D eigenvalue weighted by atomic mass is 10.2. The van der Waals surface area contributed by atoms with Crippen LogP contribution in [0.3, 0.4) is 0 Å². The third-order valence-corrected chi connectivity index (χ3v) is 3.74. The van der Waals surface area contributed by atoms with Crippen LogP contribution < -0.4 is 10.9 Å². The zero-order valence-electron chi connectivity index (χ0n) is 13.5. The molecule has 0 fully saturated rings. The van der Waals surface area contributed by atoms with Crippen LogP contribution in [-0.4, -0.2) is 30.2 Å². The van der Waals surface area contributed by atoms with E-state index in [1.54, 1.807) is 20.0 Å². The van der Waals surface area contributed by atoms with Crippen LogP contribution >= 0.6 is 0 Å². The van der Waals surface area contributed by atoms with E-state index >= 15 is 0 Å². The number of nitrogens with zero attached hydrogens (tertiary/aromatic N) is 5. The largest absolute Gasteiger partial charge is 0.324 e. The van der Waals surface area contributed by atoms with Crippen molar-refractivity contribution < 1.29 is 9.72 Å². The molecule has 1 amide bonds. The molecule has 0 spiro atoms. The maximum atomic E-state index is 12.3. The molecule has 128 valence electrons. The maximum absolute atomic E-state index is 12.3. The van der Waals surface area contributed by atoms with E-state index in [0.717, 1.165) is 4.57 Å². The summed E-state index contributed by atoms with van der Waals surface area (Å²) in [5.74, 6) is -0.490. The normalized spacial score (nSPS) is 10.8. The second-order valence-electron chi connectivity index (χ2n) is 5.49. The number of aromatic nitrogens is 4. The lowest BCUT2D eigenvalue weighted by Gasteiger charge is -2.09. The number of hydrogen-bond donors (Lipinski definition) is 1. The van der Waals surface area contributed by atoms with Crippen LogP contribution in [0.25, 0.3) is 11.0 Å². The SMILES string of the molecule is Cc1ccc([N+](=O)[O-])cc1NC(=O)Cn1cnc2c(cnn2C)c1=O. The topological polar surface area (TPSA) is 125 Å². The van der Waals surface area contributed by atoms with Crippen molar-refractivity contribution in [2.45, 2.75) is 13.5 Å². The number of nitro groups is 1. The van der Waals surface area contributed by atoms with Gasteiger partial charge in [-0.15, -0.1) is 0 Å². The van der Waals surface area contributed by atoms with Gasteiger partial charge in [-0.05, 0) is 12.5 Å². The summed E-state index contributed by atoms with van der Waals surface area (Å²) in [5.41, 5.74) is 0.909. The Morgan fingerprint density at radius 3 is 2.88 bits per heavy atom. The molecule has 2 aromatic heterocycles. The predicted octanol–water partition coefficient (Wildman–Crippen LogP) is 0.985. The van der Waals surface area contributed by atoms with Gasteiger partial charge in [0.15, 0.2) is 5.65 Å². The minimum absolute atomic E-state index is 0.128. The molecule has 1 N–H and O–H groups in total. The van der Waals surface area contributed by atoms with Gasteiger partial charge in [-0.2, -0.15) is 5.10 Å². The number of anilines is 1. The van der Waals surface area contributed by atoms with E-state index in [0.29, 0.717) is 22.3 Å². The van der Waals surface area contributed by atoms with E-state index in [9.17, 15) is 19.7 Å². The zero-order chi connectivity index (χ0) is 18.1. The van der Waals surface area contributed by atoms with Gasteiger partial charge in [0.2, 0.25) is 5.91 Å². The third-order valence-electron chi connectivity index (χ3n) is 3.74. The Morgan fingerprint density at radius 1 is 1.40 bits per heavy atom. The number of non-ortho nitro benzene ring substituents is 1. The lowest BCUT2D eigenvalue weighted by Crippen LogP contribution is -2.28. The van der Waals surface area contributed by atoms with Gasteiger partial charge in [-0.25, -0.2) is 4.98 Å². The molecule has 10 heteroatoms. The number of carbonyl (C=O) groups excluding carboxylic acids is 1. The van der Waals surface area contributed by atoms with E-state index in [1.807, 2.05) is 0 Å². The van der Waals surface area contributed by atoms with Crippen LogP contribution in [0.5, 0.6) is 0 Å². The van der Waals surface area contributed by atoms with Crippen LogP contribution in [0.15, 0.2) is 35.5 Å². The van der Waals surface area contributed by atoms with Crippen molar-refractivity contribution in [2.75, 3.05) is 5.32 Å². The maximum Gasteiger partial charge on any atom is 0.271 e. The minimum Gasteiger partial charge on any atom is -0.324 e. The highest BCUT2D eigenvalue weighted by Gasteiger charge is 2.13. The molecule has 0 saturated heterocycles. The fourth-order valence-corrected chi connectivity index (χ4v) is 2.38. The first-order chi connectivity index (χ1) is 11.9. The summed E-state index contributed by atoms with van der Waals surface area (Å²) in [6, 6.07) is 4.18. The molecule has 10 nitrogen and oxygen atoms in total. The average molecular weight is 342 g/mol. The van der Waals surface area contributed by atoms with Gasteiger partial charge in [-0.1, -0.05) is 6.07 Å². The highest BCUT2D eigenvalue weighted by Crippen LogP contribution is 2.21. The lowest BCUT2D eigenvalue weighted by molar-refractivity contribution is -0.384. The zero-order valence-corrected chi connectivity index (χ0v) is 13.5. The van der Waals surface area contributed by atoms with Crippen molar-refractivity contribution in [3.8, 4) is 0 Å². The Balaban J connectivity index is 1.84.